The number of carboxylic acids is 1. The van der Waals surface area contributed by atoms with Crippen molar-refractivity contribution in [1.82, 2.24) is 14.9 Å². The predicted molar refractivity (Wildman–Crippen MR) is 67.4 cm³/mol. The Labute approximate surface area is 111 Å². The number of sulfonamides is 1. The summed E-state index contributed by atoms with van der Waals surface area (Å²) in [5.41, 5.74) is -0.230. The van der Waals surface area contributed by atoms with Gasteiger partial charge in [-0.25, -0.2) is 17.9 Å². The molecule has 106 valence electrons. The van der Waals surface area contributed by atoms with Crippen LogP contribution in [0.2, 0.25) is 0 Å². The molecule has 19 heavy (non-hydrogen) atoms. The molecule has 3 N–H and O–H groups in total. The minimum atomic E-state index is -3.86. The lowest BCUT2D eigenvalue weighted by Gasteiger charge is -2.17. The highest BCUT2D eigenvalue weighted by atomic mass is 32.2. The summed E-state index contributed by atoms with van der Waals surface area (Å²) in [7, 11) is -3.86. The van der Waals surface area contributed by atoms with Crippen molar-refractivity contribution in [3.63, 3.8) is 0 Å². The van der Waals surface area contributed by atoms with E-state index in [0.717, 1.165) is 19.3 Å². The molecule has 0 aromatic carbocycles. The quantitative estimate of drug-likeness (QED) is 0.761. The van der Waals surface area contributed by atoms with Gasteiger partial charge in [0.05, 0.1) is 5.69 Å². The lowest BCUT2D eigenvalue weighted by atomic mass is 10.1. The van der Waals surface area contributed by atoms with E-state index in [4.69, 9.17) is 5.11 Å². The molecule has 0 radical (unpaired) electrons. The van der Waals surface area contributed by atoms with E-state index in [2.05, 4.69) is 14.9 Å². The molecular formula is C11H17N3O4S. The van der Waals surface area contributed by atoms with E-state index in [9.17, 15) is 13.2 Å². The van der Waals surface area contributed by atoms with Gasteiger partial charge in [0.1, 0.15) is 4.90 Å². The Morgan fingerprint density at radius 3 is 2.68 bits per heavy atom. The molecule has 0 bridgehead atoms. The standard InChI is InChI=1S/C11H17N3O4S/c1-6-4-3-5-8(6)14-19(17,18)10-7(2)12-13-9(10)11(15)16/h6,8,14H,3-5H2,1-2H3,(H,12,13)(H,15,16). The van der Waals surface area contributed by atoms with Crippen molar-refractivity contribution in [3.8, 4) is 0 Å². The fourth-order valence-corrected chi connectivity index (χ4v) is 4.17. The van der Waals surface area contributed by atoms with Crippen LogP contribution in [-0.4, -0.2) is 35.7 Å². The van der Waals surface area contributed by atoms with E-state index in [1.165, 1.54) is 6.92 Å². The minimum Gasteiger partial charge on any atom is -0.476 e. The Morgan fingerprint density at radius 2 is 2.16 bits per heavy atom. The van der Waals surface area contributed by atoms with Crippen LogP contribution < -0.4 is 4.72 Å². The number of aromatic nitrogens is 2. The van der Waals surface area contributed by atoms with Gasteiger partial charge in [0.15, 0.2) is 5.69 Å². The van der Waals surface area contributed by atoms with Gasteiger partial charge in [0, 0.05) is 6.04 Å². The molecule has 1 aliphatic carbocycles. The Bertz CT molecular complexity index is 593. The lowest BCUT2D eigenvalue weighted by Crippen LogP contribution is -2.37. The number of nitrogens with zero attached hydrogens (tertiary/aromatic N) is 1. The highest BCUT2D eigenvalue weighted by Crippen LogP contribution is 2.27. The molecule has 1 heterocycles. The second-order valence-electron chi connectivity index (χ2n) is 4.97. The Hall–Kier alpha value is -1.41. The van der Waals surface area contributed by atoms with Gasteiger partial charge in [0.2, 0.25) is 10.0 Å². The molecule has 8 heteroatoms. The number of hydrogen-bond acceptors (Lipinski definition) is 4. The van der Waals surface area contributed by atoms with Crippen LogP contribution in [0.1, 0.15) is 42.4 Å². The van der Waals surface area contributed by atoms with Crippen molar-refractivity contribution >= 4 is 16.0 Å². The van der Waals surface area contributed by atoms with Crippen LogP contribution in [-0.2, 0) is 10.0 Å². The van der Waals surface area contributed by atoms with Gasteiger partial charge in [-0.1, -0.05) is 13.3 Å². The summed E-state index contributed by atoms with van der Waals surface area (Å²) in [5, 5.41) is 14.9. The molecule has 1 fully saturated rings. The number of hydrogen-bond donors (Lipinski definition) is 3. The van der Waals surface area contributed by atoms with Gasteiger partial charge in [0.25, 0.3) is 0 Å². The fraction of sp³-hybridized carbons (Fsp3) is 0.636. The average molecular weight is 287 g/mol. The van der Waals surface area contributed by atoms with Gasteiger partial charge in [-0.15, -0.1) is 0 Å². The molecule has 1 aromatic heterocycles. The first-order chi connectivity index (χ1) is 8.83. The number of aromatic carboxylic acids is 1. The van der Waals surface area contributed by atoms with Crippen LogP contribution in [0.15, 0.2) is 4.90 Å². The second kappa shape index (κ2) is 4.93. The second-order valence-corrected chi connectivity index (χ2v) is 6.62. The minimum absolute atomic E-state index is 0.138. The summed E-state index contributed by atoms with van der Waals surface area (Å²) in [6, 6.07) is -0.138. The molecule has 0 saturated heterocycles. The summed E-state index contributed by atoms with van der Waals surface area (Å²) >= 11 is 0. The molecule has 1 saturated carbocycles. The zero-order valence-electron chi connectivity index (χ0n) is 10.8. The molecule has 0 spiro atoms. The number of H-pyrrole nitrogens is 1. The molecule has 1 aromatic rings. The Kier molecular flexibility index (Phi) is 3.64. The molecule has 2 unspecified atom stereocenters. The van der Waals surface area contributed by atoms with Crippen LogP contribution in [0.4, 0.5) is 0 Å². The van der Waals surface area contributed by atoms with Gasteiger partial charge in [-0.2, -0.15) is 5.10 Å². The molecule has 2 atom stereocenters. The van der Waals surface area contributed by atoms with Gasteiger partial charge in [-0.05, 0) is 25.7 Å². The summed E-state index contributed by atoms with van der Waals surface area (Å²) < 4.78 is 27.2. The molecule has 7 nitrogen and oxygen atoms in total. The van der Waals surface area contributed by atoms with E-state index < -0.39 is 21.7 Å². The van der Waals surface area contributed by atoms with Crippen molar-refractivity contribution in [2.75, 3.05) is 0 Å². The van der Waals surface area contributed by atoms with Crippen molar-refractivity contribution in [3.05, 3.63) is 11.4 Å². The highest BCUT2D eigenvalue weighted by Gasteiger charge is 2.33. The maximum absolute atomic E-state index is 12.3. The van der Waals surface area contributed by atoms with Crippen LogP contribution in [0, 0.1) is 12.8 Å². The maximum atomic E-state index is 12.3. The summed E-state index contributed by atoms with van der Waals surface area (Å²) in [6.07, 6.45) is 2.73. The molecule has 2 rings (SSSR count). The van der Waals surface area contributed by atoms with E-state index in [1.54, 1.807) is 0 Å². The monoisotopic (exact) mass is 287 g/mol. The number of aromatic amines is 1. The first-order valence-electron chi connectivity index (χ1n) is 6.13. The normalized spacial score (nSPS) is 23.7. The number of aryl methyl sites for hydroxylation is 1. The predicted octanol–water partition coefficient (Wildman–Crippen LogP) is 0.883. The zero-order chi connectivity index (χ0) is 14.2. The first-order valence-corrected chi connectivity index (χ1v) is 7.62. The summed E-state index contributed by atoms with van der Waals surface area (Å²) in [5.74, 6) is -1.10. The first kappa shape index (κ1) is 14.0. The fourth-order valence-electron chi connectivity index (χ4n) is 2.47. The van der Waals surface area contributed by atoms with Gasteiger partial charge in [-0.3, -0.25) is 5.10 Å². The van der Waals surface area contributed by atoms with Gasteiger partial charge < -0.3 is 5.11 Å². The smallest absolute Gasteiger partial charge is 0.357 e. The molecule has 0 amide bonds. The largest absolute Gasteiger partial charge is 0.476 e. The van der Waals surface area contributed by atoms with Crippen LogP contribution in [0.25, 0.3) is 0 Å². The van der Waals surface area contributed by atoms with Gasteiger partial charge >= 0.3 is 5.97 Å². The van der Waals surface area contributed by atoms with E-state index in [0.29, 0.717) is 0 Å². The maximum Gasteiger partial charge on any atom is 0.357 e. The van der Waals surface area contributed by atoms with Crippen LogP contribution >= 0.6 is 0 Å². The number of nitrogens with one attached hydrogen (secondary N) is 2. The SMILES string of the molecule is Cc1[nH]nc(C(=O)O)c1S(=O)(=O)NC1CCCC1C. The lowest BCUT2D eigenvalue weighted by molar-refractivity contribution is 0.0686. The number of rotatable bonds is 4. The summed E-state index contributed by atoms with van der Waals surface area (Å²) in [6.45, 7) is 3.48. The highest BCUT2D eigenvalue weighted by molar-refractivity contribution is 7.89. The van der Waals surface area contributed by atoms with E-state index in [1.807, 2.05) is 6.92 Å². The zero-order valence-corrected chi connectivity index (χ0v) is 11.6. The topological polar surface area (TPSA) is 112 Å². The van der Waals surface area contributed by atoms with Crippen molar-refractivity contribution in [1.29, 1.82) is 0 Å². The van der Waals surface area contributed by atoms with E-state index in [-0.39, 0.29) is 22.5 Å². The third-order valence-corrected chi connectivity index (χ3v) is 5.18. The van der Waals surface area contributed by atoms with Crippen molar-refractivity contribution in [2.45, 2.75) is 44.0 Å². The van der Waals surface area contributed by atoms with Crippen molar-refractivity contribution < 1.29 is 18.3 Å². The number of carbonyl (C=O) groups is 1. The van der Waals surface area contributed by atoms with Crippen LogP contribution in [0.5, 0.6) is 0 Å². The van der Waals surface area contributed by atoms with Crippen molar-refractivity contribution in [2.24, 2.45) is 5.92 Å². The van der Waals surface area contributed by atoms with E-state index >= 15 is 0 Å². The number of carboxylic acid groups (broad SMARTS) is 1. The Balaban J connectivity index is 2.34. The third-order valence-electron chi connectivity index (χ3n) is 3.53. The third kappa shape index (κ3) is 2.64. The average Bonchev–Trinajstić information content (AvgIpc) is 2.86. The summed E-state index contributed by atoms with van der Waals surface area (Å²) in [4.78, 5) is 10.7. The molecule has 1 aliphatic rings. The van der Waals surface area contributed by atoms with Crippen LogP contribution in [0.3, 0.4) is 0 Å². The Morgan fingerprint density at radius 1 is 1.47 bits per heavy atom. The molecule has 0 aliphatic heterocycles. The molecular weight excluding hydrogens is 270 g/mol.